The SMILES string of the molecule is COc1cc(-c2noc(-c3ccccc3NS(=O)(=O)c3ccc(C)cc3)n2)cc(OC)c1OC. The van der Waals surface area contributed by atoms with Crippen molar-refractivity contribution in [3.63, 3.8) is 0 Å². The van der Waals surface area contributed by atoms with E-state index in [1.165, 1.54) is 21.3 Å². The fourth-order valence-corrected chi connectivity index (χ4v) is 4.42. The molecule has 1 aromatic heterocycles. The number of nitrogens with one attached hydrogen (secondary N) is 1. The zero-order chi connectivity index (χ0) is 24.3. The molecule has 4 rings (SSSR count). The molecule has 34 heavy (non-hydrogen) atoms. The summed E-state index contributed by atoms with van der Waals surface area (Å²) >= 11 is 0. The summed E-state index contributed by atoms with van der Waals surface area (Å²) in [5.74, 6) is 1.73. The number of benzene rings is 3. The molecule has 9 nitrogen and oxygen atoms in total. The highest BCUT2D eigenvalue weighted by Gasteiger charge is 2.21. The molecule has 0 aliphatic heterocycles. The Labute approximate surface area is 197 Å². The van der Waals surface area contributed by atoms with Crippen LogP contribution in [0.25, 0.3) is 22.8 Å². The molecule has 0 radical (unpaired) electrons. The summed E-state index contributed by atoms with van der Waals surface area (Å²) in [5.41, 5.74) is 2.28. The molecular formula is C24H23N3O6S. The highest BCUT2D eigenvalue weighted by molar-refractivity contribution is 7.92. The lowest BCUT2D eigenvalue weighted by Crippen LogP contribution is -2.13. The molecule has 1 N–H and O–H groups in total. The number of hydrogen-bond acceptors (Lipinski definition) is 8. The van der Waals surface area contributed by atoms with Gasteiger partial charge in [-0.05, 0) is 43.3 Å². The number of aromatic nitrogens is 2. The maximum Gasteiger partial charge on any atom is 0.261 e. The summed E-state index contributed by atoms with van der Waals surface area (Å²) in [7, 11) is 0.723. The third-order valence-electron chi connectivity index (χ3n) is 5.08. The lowest BCUT2D eigenvalue weighted by molar-refractivity contribution is 0.324. The number of methoxy groups -OCH3 is 3. The van der Waals surface area contributed by atoms with E-state index in [0.29, 0.717) is 34.1 Å². The van der Waals surface area contributed by atoms with Gasteiger partial charge in [0.2, 0.25) is 11.6 Å². The Balaban J connectivity index is 1.70. The molecule has 176 valence electrons. The standard InChI is InChI=1S/C24H23N3O6S/c1-15-9-11-17(12-10-15)34(28,29)27-19-8-6-5-7-18(19)24-25-23(26-33-24)16-13-20(30-2)22(32-4)21(14-16)31-3/h5-14,27H,1-4H3. The van der Waals surface area contributed by atoms with E-state index in [1.807, 2.05) is 6.92 Å². The van der Waals surface area contributed by atoms with Gasteiger partial charge in [0.15, 0.2) is 11.5 Å². The Morgan fingerprint density at radius 1 is 0.882 bits per heavy atom. The number of anilines is 1. The number of sulfonamides is 1. The van der Waals surface area contributed by atoms with Crippen molar-refractivity contribution in [2.75, 3.05) is 26.1 Å². The van der Waals surface area contributed by atoms with Gasteiger partial charge in [-0.15, -0.1) is 0 Å². The lowest BCUT2D eigenvalue weighted by atomic mass is 10.1. The summed E-state index contributed by atoms with van der Waals surface area (Å²) in [6.45, 7) is 1.89. The lowest BCUT2D eigenvalue weighted by Gasteiger charge is -2.12. The fraction of sp³-hybridized carbons (Fsp3) is 0.167. The second-order valence-electron chi connectivity index (χ2n) is 7.30. The molecule has 0 aliphatic carbocycles. The molecule has 0 bridgehead atoms. The molecule has 0 saturated carbocycles. The minimum absolute atomic E-state index is 0.144. The second kappa shape index (κ2) is 9.44. The molecule has 0 atom stereocenters. The predicted octanol–water partition coefficient (Wildman–Crippen LogP) is 4.54. The first-order chi connectivity index (χ1) is 16.4. The number of rotatable bonds is 8. The van der Waals surface area contributed by atoms with E-state index in [2.05, 4.69) is 14.9 Å². The summed E-state index contributed by atoms with van der Waals surface area (Å²) in [4.78, 5) is 4.62. The highest BCUT2D eigenvalue weighted by Crippen LogP contribution is 2.41. The minimum atomic E-state index is -3.82. The first kappa shape index (κ1) is 23.1. The molecule has 4 aromatic rings. The summed E-state index contributed by atoms with van der Waals surface area (Å²) in [5, 5.41) is 4.06. The Morgan fingerprint density at radius 3 is 2.15 bits per heavy atom. The van der Waals surface area contributed by atoms with Gasteiger partial charge in [-0.1, -0.05) is 35.0 Å². The minimum Gasteiger partial charge on any atom is -0.493 e. The number of aryl methyl sites for hydroxylation is 1. The zero-order valence-electron chi connectivity index (χ0n) is 19.0. The first-order valence-electron chi connectivity index (χ1n) is 10.2. The van der Waals surface area contributed by atoms with E-state index < -0.39 is 10.0 Å². The van der Waals surface area contributed by atoms with Crippen molar-refractivity contribution < 1.29 is 27.2 Å². The van der Waals surface area contributed by atoms with Crippen LogP contribution in [0.15, 0.2) is 70.1 Å². The first-order valence-corrected chi connectivity index (χ1v) is 11.7. The Morgan fingerprint density at radius 2 is 1.53 bits per heavy atom. The van der Waals surface area contributed by atoms with Crippen molar-refractivity contribution in [1.29, 1.82) is 0 Å². The molecule has 0 aliphatic rings. The third kappa shape index (κ3) is 4.53. The monoisotopic (exact) mass is 481 g/mol. The molecule has 0 fully saturated rings. The maximum absolute atomic E-state index is 12.9. The average molecular weight is 482 g/mol. The van der Waals surface area contributed by atoms with Crippen LogP contribution in [0.1, 0.15) is 5.56 Å². The number of ether oxygens (including phenoxy) is 3. The Hall–Kier alpha value is -4.05. The van der Waals surface area contributed by atoms with Crippen LogP contribution < -0.4 is 18.9 Å². The van der Waals surface area contributed by atoms with Gasteiger partial charge >= 0.3 is 0 Å². The summed E-state index contributed by atoms with van der Waals surface area (Å²) in [6, 6.07) is 16.8. The summed E-state index contributed by atoms with van der Waals surface area (Å²) in [6.07, 6.45) is 0. The quantitative estimate of drug-likeness (QED) is 0.390. The largest absolute Gasteiger partial charge is 0.493 e. The van der Waals surface area contributed by atoms with Crippen LogP contribution in [-0.4, -0.2) is 39.9 Å². The zero-order valence-corrected chi connectivity index (χ0v) is 19.8. The highest BCUT2D eigenvalue weighted by atomic mass is 32.2. The van der Waals surface area contributed by atoms with Crippen LogP contribution in [0.2, 0.25) is 0 Å². The van der Waals surface area contributed by atoms with Gasteiger partial charge in [-0.25, -0.2) is 8.42 Å². The predicted molar refractivity (Wildman–Crippen MR) is 127 cm³/mol. The van der Waals surface area contributed by atoms with Crippen molar-refractivity contribution in [3.05, 3.63) is 66.2 Å². The molecule has 0 unspecified atom stereocenters. The van der Waals surface area contributed by atoms with E-state index >= 15 is 0 Å². The maximum atomic E-state index is 12.9. The number of para-hydroxylation sites is 1. The van der Waals surface area contributed by atoms with Crippen LogP contribution in [0.4, 0.5) is 5.69 Å². The van der Waals surface area contributed by atoms with Gasteiger partial charge in [0.05, 0.1) is 37.5 Å². The van der Waals surface area contributed by atoms with Gasteiger partial charge in [0.25, 0.3) is 15.9 Å². The van der Waals surface area contributed by atoms with Crippen LogP contribution in [0.3, 0.4) is 0 Å². The second-order valence-corrected chi connectivity index (χ2v) is 8.98. The Kier molecular flexibility index (Phi) is 6.42. The van der Waals surface area contributed by atoms with E-state index in [4.69, 9.17) is 18.7 Å². The molecule has 0 spiro atoms. The molecular weight excluding hydrogens is 458 g/mol. The van der Waals surface area contributed by atoms with Gasteiger partial charge in [-0.2, -0.15) is 4.98 Å². The van der Waals surface area contributed by atoms with Gasteiger partial charge in [0.1, 0.15) is 0 Å². The normalized spacial score (nSPS) is 11.2. The van der Waals surface area contributed by atoms with Crippen LogP contribution in [0, 0.1) is 6.92 Å². The van der Waals surface area contributed by atoms with Gasteiger partial charge < -0.3 is 18.7 Å². The van der Waals surface area contributed by atoms with Gasteiger partial charge in [-0.3, -0.25) is 4.72 Å². The van der Waals surface area contributed by atoms with E-state index in [9.17, 15) is 8.42 Å². The van der Waals surface area contributed by atoms with Crippen LogP contribution >= 0.6 is 0 Å². The number of nitrogens with zero attached hydrogens (tertiary/aromatic N) is 2. The average Bonchev–Trinajstić information content (AvgIpc) is 3.33. The Bertz CT molecular complexity index is 1390. The van der Waals surface area contributed by atoms with E-state index in [0.717, 1.165) is 5.56 Å². The fourth-order valence-electron chi connectivity index (χ4n) is 3.34. The molecule has 3 aromatic carbocycles. The molecule has 10 heteroatoms. The van der Waals surface area contributed by atoms with E-state index in [-0.39, 0.29) is 16.6 Å². The van der Waals surface area contributed by atoms with Crippen LogP contribution in [0.5, 0.6) is 17.2 Å². The smallest absolute Gasteiger partial charge is 0.261 e. The third-order valence-corrected chi connectivity index (χ3v) is 6.46. The molecule has 1 heterocycles. The molecule has 0 amide bonds. The topological polar surface area (TPSA) is 113 Å². The summed E-state index contributed by atoms with van der Waals surface area (Å²) < 4.78 is 50.0. The van der Waals surface area contributed by atoms with Crippen molar-refractivity contribution >= 4 is 15.7 Å². The molecule has 0 saturated heterocycles. The number of hydrogen-bond donors (Lipinski definition) is 1. The van der Waals surface area contributed by atoms with Gasteiger partial charge in [0, 0.05) is 5.56 Å². The van der Waals surface area contributed by atoms with Crippen LogP contribution in [-0.2, 0) is 10.0 Å². The van der Waals surface area contributed by atoms with Crippen molar-refractivity contribution in [2.45, 2.75) is 11.8 Å². The van der Waals surface area contributed by atoms with E-state index in [1.54, 1.807) is 60.7 Å². The van der Waals surface area contributed by atoms with Crippen molar-refractivity contribution in [2.24, 2.45) is 0 Å². The van der Waals surface area contributed by atoms with Crippen molar-refractivity contribution in [3.8, 4) is 40.1 Å². The van der Waals surface area contributed by atoms with Crippen molar-refractivity contribution in [1.82, 2.24) is 10.1 Å².